The summed E-state index contributed by atoms with van der Waals surface area (Å²) in [6.45, 7) is 18.7. The molecule has 37 heavy (non-hydrogen) atoms. The first kappa shape index (κ1) is 29.7. The van der Waals surface area contributed by atoms with E-state index in [2.05, 4.69) is 15.3 Å². The number of hydrogen-bond acceptors (Lipinski definition) is 8. The van der Waals surface area contributed by atoms with E-state index in [0.29, 0.717) is 19.0 Å². The Bertz CT molecular complexity index is 927. The summed E-state index contributed by atoms with van der Waals surface area (Å²) in [5, 5.41) is 3.49. The van der Waals surface area contributed by atoms with E-state index < -0.39 is 36.1 Å². The fraction of sp³-hybridized carbons (Fsp3) is 0.769. The summed E-state index contributed by atoms with van der Waals surface area (Å²) in [6.07, 6.45) is 4.81. The first-order chi connectivity index (χ1) is 17.1. The molecule has 0 saturated carbocycles. The second kappa shape index (κ2) is 11.5. The summed E-state index contributed by atoms with van der Waals surface area (Å²) in [5.74, 6) is 1.28. The number of ether oxygens (including phenoxy) is 1. The Labute approximate surface area is 226 Å². The first-order valence-corrected chi connectivity index (χ1v) is 14.2. The van der Waals surface area contributed by atoms with Gasteiger partial charge in [0.15, 0.2) is 5.16 Å². The Morgan fingerprint density at radius 3 is 2.16 bits per heavy atom. The van der Waals surface area contributed by atoms with Gasteiger partial charge in [-0.3, -0.25) is 4.79 Å². The maximum absolute atomic E-state index is 13.2. The topological polar surface area (TPSA) is 103 Å². The van der Waals surface area contributed by atoms with Crippen molar-refractivity contribution in [1.82, 2.24) is 20.2 Å². The molecule has 1 aromatic rings. The normalized spacial score (nSPS) is 20.7. The molecule has 0 aliphatic carbocycles. The molecule has 3 heterocycles. The molecule has 11 heteroatoms. The lowest BCUT2D eigenvalue weighted by molar-refractivity contribution is -0.135. The second-order valence-electron chi connectivity index (χ2n) is 12.3. The van der Waals surface area contributed by atoms with Gasteiger partial charge in [-0.05, 0) is 73.1 Å². The van der Waals surface area contributed by atoms with Crippen molar-refractivity contribution in [1.29, 1.82) is 0 Å². The summed E-state index contributed by atoms with van der Waals surface area (Å²) in [7, 11) is -0.467. The van der Waals surface area contributed by atoms with Crippen LogP contribution in [-0.2, 0) is 18.8 Å². The number of carbonyl (C=O) groups excluding carboxylic acids is 2. The Hall–Kier alpha value is -1.85. The molecule has 1 atom stereocenters. The van der Waals surface area contributed by atoms with Gasteiger partial charge in [0.1, 0.15) is 11.6 Å². The van der Waals surface area contributed by atoms with Gasteiger partial charge in [-0.1, -0.05) is 25.6 Å². The molecule has 9 nitrogen and oxygen atoms in total. The molecule has 2 fully saturated rings. The summed E-state index contributed by atoms with van der Waals surface area (Å²) in [4.78, 5) is 36.3. The lowest BCUT2D eigenvalue weighted by Crippen LogP contribution is -2.53. The van der Waals surface area contributed by atoms with E-state index in [9.17, 15) is 9.59 Å². The van der Waals surface area contributed by atoms with Crippen molar-refractivity contribution in [3.63, 3.8) is 0 Å². The number of nitrogens with zero attached hydrogens (tertiary/aromatic N) is 3. The van der Waals surface area contributed by atoms with Gasteiger partial charge in [-0.15, -0.1) is 0 Å². The Morgan fingerprint density at radius 1 is 1.14 bits per heavy atom. The molecule has 1 N–H and O–H groups in total. The van der Waals surface area contributed by atoms with Crippen LogP contribution < -0.4 is 10.8 Å². The Morgan fingerprint density at radius 2 is 1.68 bits per heavy atom. The Balaban J connectivity index is 1.46. The maximum atomic E-state index is 13.2. The SMILES string of the molecule is CC(C)C(NC(=O)OC(C)(C)C)C(=O)N1CCC(CSc2ncc(B3OC(C)(C)C(C)(C)O3)cn2)CC1. The van der Waals surface area contributed by atoms with Crippen molar-refractivity contribution in [3.8, 4) is 0 Å². The summed E-state index contributed by atoms with van der Waals surface area (Å²) < 4.78 is 17.5. The predicted octanol–water partition coefficient (Wildman–Crippen LogP) is 3.66. The number of likely N-dealkylation sites (tertiary alicyclic amines) is 1. The van der Waals surface area contributed by atoms with Crippen molar-refractivity contribution in [2.45, 2.75) is 103 Å². The number of amides is 2. The standard InChI is InChI=1S/C26H43BN4O5S/c1-17(2)20(30-23(33)34-24(3,4)5)21(32)31-12-10-18(11-13-31)16-37-22-28-14-19(15-29-22)27-35-25(6,7)26(8,9)36-27/h14-15,17-18,20H,10-13,16H2,1-9H3,(H,30,33). The molecule has 2 aliphatic rings. The van der Waals surface area contributed by atoms with Gasteiger partial charge >= 0.3 is 13.2 Å². The van der Waals surface area contributed by atoms with E-state index in [0.717, 1.165) is 29.2 Å². The van der Waals surface area contributed by atoms with Crippen molar-refractivity contribution < 1.29 is 23.6 Å². The van der Waals surface area contributed by atoms with Crippen LogP contribution in [0.3, 0.4) is 0 Å². The van der Waals surface area contributed by atoms with Crippen molar-refractivity contribution in [2.75, 3.05) is 18.8 Å². The minimum Gasteiger partial charge on any atom is -0.444 e. The van der Waals surface area contributed by atoms with Gasteiger partial charge in [-0.25, -0.2) is 14.8 Å². The number of piperidine rings is 1. The highest BCUT2D eigenvalue weighted by molar-refractivity contribution is 7.99. The van der Waals surface area contributed by atoms with Crippen molar-refractivity contribution in [3.05, 3.63) is 12.4 Å². The quantitative estimate of drug-likeness (QED) is 0.321. The third-order valence-electron chi connectivity index (χ3n) is 7.15. The number of thioether (sulfide) groups is 1. The molecule has 1 aromatic heterocycles. The highest BCUT2D eigenvalue weighted by Gasteiger charge is 2.52. The van der Waals surface area contributed by atoms with E-state index in [1.807, 2.05) is 46.4 Å². The van der Waals surface area contributed by atoms with Crippen LogP contribution in [0, 0.1) is 11.8 Å². The predicted molar refractivity (Wildman–Crippen MR) is 146 cm³/mol. The molecule has 3 rings (SSSR count). The molecule has 2 amide bonds. The molecular weight excluding hydrogens is 491 g/mol. The third kappa shape index (κ3) is 7.83. The first-order valence-electron chi connectivity index (χ1n) is 13.2. The van der Waals surface area contributed by atoms with E-state index in [1.165, 1.54) is 0 Å². The lowest BCUT2D eigenvalue weighted by Gasteiger charge is -2.35. The summed E-state index contributed by atoms with van der Waals surface area (Å²) in [6, 6.07) is -0.600. The van der Waals surface area contributed by atoms with Gasteiger partial charge in [0.2, 0.25) is 5.91 Å². The largest absolute Gasteiger partial charge is 0.498 e. The zero-order valence-electron chi connectivity index (χ0n) is 23.8. The average molecular weight is 535 g/mol. The Kier molecular flexibility index (Phi) is 9.23. The summed E-state index contributed by atoms with van der Waals surface area (Å²) in [5.41, 5.74) is -0.597. The zero-order valence-corrected chi connectivity index (χ0v) is 24.6. The average Bonchev–Trinajstić information content (AvgIpc) is 3.01. The van der Waals surface area contributed by atoms with Crippen molar-refractivity contribution >= 4 is 36.3 Å². The number of hydrogen-bond donors (Lipinski definition) is 1. The van der Waals surface area contributed by atoms with Crippen LogP contribution in [-0.4, -0.2) is 75.7 Å². The van der Waals surface area contributed by atoms with Crippen LogP contribution in [0.2, 0.25) is 0 Å². The van der Waals surface area contributed by atoms with Crippen LogP contribution in [0.15, 0.2) is 17.6 Å². The lowest BCUT2D eigenvalue weighted by atomic mass is 9.81. The van der Waals surface area contributed by atoms with Crippen LogP contribution >= 0.6 is 11.8 Å². The molecule has 2 saturated heterocycles. The van der Waals surface area contributed by atoms with Gasteiger partial charge in [0.05, 0.1) is 11.2 Å². The van der Waals surface area contributed by atoms with Crippen LogP contribution in [0.25, 0.3) is 0 Å². The van der Waals surface area contributed by atoms with Crippen molar-refractivity contribution in [2.24, 2.45) is 11.8 Å². The van der Waals surface area contributed by atoms with Gasteiger partial charge in [-0.2, -0.15) is 0 Å². The van der Waals surface area contributed by atoms with E-state index in [-0.39, 0.29) is 11.8 Å². The number of alkyl carbamates (subject to hydrolysis) is 1. The molecule has 0 radical (unpaired) electrons. The monoisotopic (exact) mass is 534 g/mol. The highest BCUT2D eigenvalue weighted by atomic mass is 32.2. The molecule has 206 valence electrons. The fourth-order valence-corrected chi connectivity index (χ4v) is 5.13. The van der Waals surface area contributed by atoms with E-state index in [4.69, 9.17) is 14.0 Å². The number of carbonyl (C=O) groups is 2. The molecule has 0 spiro atoms. The number of rotatable bonds is 7. The highest BCUT2D eigenvalue weighted by Crippen LogP contribution is 2.36. The summed E-state index contributed by atoms with van der Waals surface area (Å²) >= 11 is 1.63. The second-order valence-corrected chi connectivity index (χ2v) is 13.3. The maximum Gasteiger partial charge on any atom is 0.498 e. The van der Waals surface area contributed by atoms with Crippen LogP contribution in [0.1, 0.15) is 75.2 Å². The molecule has 2 aliphatic heterocycles. The molecule has 0 aromatic carbocycles. The minimum absolute atomic E-state index is 0.0365. The zero-order chi connectivity index (χ0) is 27.6. The number of aromatic nitrogens is 2. The molecular formula is C26H43BN4O5S. The van der Waals surface area contributed by atoms with Crippen LogP contribution in [0.5, 0.6) is 0 Å². The van der Waals surface area contributed by atoms with Gasteiger partial charge < -0.3 is 24.3 Å². The van der Waals surface area contributed by atoms with Gasteiger partial charge in [0, 0.05) is 36.7 Å². The molecule has 1 unspecified atom stereocenters. The minimum atomic E-state index is -0.611. The van der Waals surface area contributed by atoms with Gasteiger partial charge in [0.25, 0.3) is 0 Å². The van der Waals surface area contributed by atoms with Crippen LogP contribution in [0.4, 0.5) is 4.79 Å². The van der Waals surface area contributed by atoms with E-state index in [1.54, 1.807) is 44.9 Å². The number of nitrogens with one attached hydrogen (secondary N) is 1. The fourth-order valence-electron chi connectivity index (χ4n) is 4.16. The van der Waals surface area contributed by atoms with E-state index >= 15 is 0 Å². The third-order valence-corrected chi connectivity index (χ3v) is 8.26. The molecule has 0 bridgehead atoms. The smallest absolute Gasteiger partial charge is 0.444 e.